The van der Waals surface area contributed by atoms with Crippen LogP contribution in [-0.4, -0.2) is 28.6 Å². The molecular formula is C13H22ClNOS. The summed E-state index contributed by atoms with van der Waals surface area (Å²) in [5.74, 6) is 0. The lowest BCUT2D eigenvalue weighted by atomic mass is 9.88. The molecule has 2 atom stereocenters. The van der Waals surface area contributed by atoms with Crippen LogP contribution in [0.3, 0.4) is 0 Å². The molecule has 0 aliphatic rings. The second-order valence-corrected chi connectivity index (χ2v) is 6.17. The van der Waals surface area contributed by atoms with Crippen LogP contribution in [0.5, 0.6) is 0 Å². The van der Waals surface area contributed by atoms with E-state index in [9.17, 15) is 5.11 Å². The topological polar surface area (TPSA) is 23.5 Å². The van der Waals surface area contributed by atoms with E-state index in [1.807, 2.05) is 12.1 Å². The smallest absolute Gasteiger partial charge is 0.106 e. The van der Waals surface area contributed by atoms with Crippen molar-refractivity contribution in [2.75, 3.05) is 13.1 Å². The van der Waals surface area contributed by atoms with Gasteiger partial charge in [-0.05, 0) is 38.6 Å². The van der Waals surface area contributed by atoms with Crippen LogP contribution in [0.2, 0.25) is 4.34 Å². The highest BCUT2D eigenvalue weighted by Crippen LogP contribution is 2.38. The Bertz CT molecular complexity index is 351. The molecule has 2 unspecified atom stereocenters. The van der Waals surface area contributed by atoms with Gasteiger partial charge in [0.2, 0.25) is 0 Å². The van der Waals surface area contributed by atoms with Crippen LogP contribution in [0.1, 0.15) is 45.1 Å². The highest BCUT2D eigenvalue weighted by molar-refractivity contribution is 7.16. The summed E-state index contributed by atoms with van der Waals surface area (Å²) in [4.78, 5) is 3.26. The number of aliphatic hydroxyl groups is 1. The Morgan fingerprint density at radius 3 is 2.29 bits per heavy atom. The van der Waals surface area contributed by atoms with Gasteiger partial charge >= 0.3 is 0 Å². The van der Waals surface area contributed by atoms with E-state index in [1.54, 1.807) is 0 Å². The summed E-state index contributed by atoms with van der Waals surface area (Å²) in [7, 11) is 0. The molecule has 0 saturated carbocycles. The van der Waals surface area contributed by atoms with Crippen LogP contribution in [0, 0.1) is 0 Å². The lowest BCUT2D eigenvalue weighted by Gasteiger charge is -2.43. The molecule has 0 radical (unpaired) electrons. The fraction of sp³-hybridized carbons (Fsp3) is 0.692. The molecule has 1 aromatic rings. The SMILES string of the molecule is CCN(CC)C(C)(CC)C(O)c1ccc(Cl)s1. The minimum atomic E-state index is -0.482. The molecule has 17 heavy (non-hydrogen) atoms. The Balaban J connectivity index is 2.99. The molecule has 1 rings (SSSR count). The molecule has 2 nitrogen and oxygen atoms in total. The van der Waals surface area contributed by atoms with Crippen molar-refractivity contribution < 1.29 is 5.11 Å². The van der Waals surface area contributed by atoms with Crippen molar-refractivity contribution in [1.82, 2.24) is 4.90 Å². The van der Waals surface area contributed by atoms with E-state index in [2.05, 4.69) is 32.6 Å². The van der Waals surface area contributed by atoms with Crippen LogP contribution >= 0.6 is 22.9 Å². The first-order valence-corrected chi connectivity index (χ1v) is 7.37. The van der Waals surface area contributed by atoms with Crippen molar-refractivity contribution in [2.24, 2.45) is 0 Å². The minimum absolute atomic E-state index is 0.225. The highest BCUT2D eigenvalue weighted by atomic mass is 35.5. The number of likely N-dealkylation sites (N-methyl/N-ethyl adjacent to an activating group) is 1. The van der Waals surface area contributed by atoms with E-state index < -0.39 is 6.10 Å². The van der Waals surface area contributed by atoms with E-state index in [4.69, 9.17) is 11.6 Å². The van der Waals surface area contributed by atoms with Crippen LogP contribution in [0.15, 0.2) is 12.1 Å². The molecule has 98 valence electrons. The minimum Gasteiger partial charge on any atom is -0.386 e. The summed E-state index contributed by atoms with van der Waals surface area (Å²) in [6.07, 6.45) is 0.427. The summed E-state index contributed by atoms with van der Waals surface area (Å²) in [5.41, 5.74) is -0.225. The van der Waals surface area contributed by atoms with Gasteiger partial charge in [0, 0.05) is 10.4 Å². The Morgan fingerprint density at radius 2 is 1.94 bits per heavy atom. The molecule has 1 N–H and O–H groups in total. The predicted octanol–water partition coefficient (Wildman–Crippen LogP) is 3.95. The summed E-state index contributed by atoms with van der Waals surface area (Å²) < 4.78 is 0.733. The van der Waals surface area contributed by atoms with Gasteiger partial charge in [-0.25, -0.2) is 0 Å². The standard InChI is InChI=1S/C13H22ClNOS/c1-5-13(4,15(6-2)7-3)12(16)10-8-9-11(14)17-10/h8-9,12,16H,5-7H2,1-4H3. The average molecular weight is 276 g/mol. The zero-order valence-electron chi connectivity index (χ0n) is 11.0. The molecule has 0 aliphatic carbocycles. The summed E-state index contributed by atoms with van der Waals surface area (Å²) in [6, 6.07) is 3.78. The lowest BCUT2D eigenvalue weighted by Crippen LogP contribution is -2.50. The zero-order valence-corrected chi connectivity index (χ0v) is 12.6. The van der Waals surface area contributed by atoms with E-state index in [0.717, 1.165) is 28.7 Å². The van der Waals surface area contributed by atoms with Crippen molar-refractivity contribution in [2.45, 2.75) is 45.8 Å². The number of thiophene rings is 1. The van der Waals surface area contributed by atoms with Gasteiger partial charge in [0.1, 0.15) is 6.10 Å². The molecular weight excluding hydrogens is 254 g/mol. The summed E-state index contributed by atoms with van der Waals surface area (Å²) in [6.45, 7) is 10.4. The van der Waals surface area contributed by atoms with Crippen molar-refractivity contribution in [3.8, 4) is 0 Å². The molecule has 0 spiro atoms. The largest absolute Gasteiger partial charge is 0.386 e. The first-order chi connectivity index (χ1) is 7.99. The monoisotopic (exact) mass is 275 g/mol. The number of nitrogens with zero attached hydrogens (tertiary/aromatic N) is 1. The van der Waals surface area contributed by atoms with Crippen LogP contribution < -0.4 is 0 Å². The van der Waals surface area contributed by atoms with E-state index in [1.165, 1.54) is 11.3 Å². The Labute approximate surface area is 113 Å². The maximum absolute atomic E-state index is 10.6. The fourth-order valence-electron chi connectivity index (χ4n) is 2.32. The second kappa shape index (κ2) is 6.19. The van der Waals surface area contributed by atoms with Crippen LogP contribution in [0.25, 0.3) is 0 Å². The molecule has 4 heteroatoms. The van der Waals surface area contributed by atoms with Gasteiger partial charge < -0.3 is 5.11 Å². The average Bonchev–Trinajstić information content (AvgIpc) is 2.76. The van der Waals surface area contributed by atoms with Crippen LogP contribution in [0.4, 0.5) is 0 Å². The molecule has 1 aromatic heterocycles. The molecule has 0 amide bonds. The molecule has 0 bridgehead atoms. The molecule has 0 aliphatic heterocycles. The Morgan fingerprint density at radius 1 is 1.35 bits per heavy atom. The van der Waals surface area contributed by atoms with Gasteiger partial charge in [0.25, 0.3) is 0 Å². The third-order valence-electron chi connectivity index (χ3n) is 3.65. The number of hydrogen-bond donors (Lipinski definition) is 1. The number of aliphatic hydroxyl groups excluding tert-OH is 1. The highest BCUT2D eigenvalue weighted by Gasteiger charge is 2.37. The molecule has 0 fully saturated rings. The van der Waals surface area contributed by atoms with Crippen molar-refractivity contribution >= 4 is 22.9 Å². The third-order valence-corrected chi connectivity index (χ3v) is 4.94. The van der Waals surface area contributed by atoms with Gasteiger partial charge in [-0.2, -0.15) is 0 Å². The van der Waals surface area contributed by atoms with Crippen LogP contribution in [-0.2, 0) is 0 Å². The number of hydrogen-bond acceptors (Lipinski definition) is 3. The number of halogens is 1. The maximum Gasteiger partial charge on any atom is 0.106 e. The molecule has 1 heterocycles. The molecule has 0 saturated heterocycles. The van der Waals surface area contributed by atoms with E-state index >= 15 is 0 Å². The van der Waals surface area contributed by atoms with Gasteiger partial charge in [0.05, 0.1) is 4.34 Å². The fourth-order valence-corrected chi connectivity index (χ4v) is 3.51. The van der Waals surface area contributed by atoms with E-state index in [0.29, 0.717) is 0 Å². The predicted molar refractivity (Wildman–Crippen MR) is 75.9 cm³/mol. The normalized spacial score (nSPS) is 17.1. The maximum atomic E-state index is 10.6. The summed E-state index contributed by atoms with van der Waals surface area (Å²) >= 11 is 7.40. The molecule has 0 aromatic carbocycles. The quantitative estimate of drug-likeness (QED) is 0.850. The van der Waals surface area contributed by atoms with Gasteiger partial charge in [0.15, 0.2) is 0 Å². The van der Waals surface area contributed by atoms with Crippen molar-refractivity contribution in [1.29, 1.82) is 0 Å². The Kier molecular flexibility index (Phi) is 5.45. The first-order valence-electron chi connectivity index (χ1n) is 6.17. The van der Waals surface area contributed by atoms with Crippen molar-refractivity contribution in [3.63, 3.8) is 0 Å². The van der Waals surface area contributed by atoms with Gasteiger partial charge in [-0.15, -0.1) is 11.3 Å². The number of rotatable bonds is 6. The third kappa shape index (κ3) is 3.02. The van der Waals surface area contributed by atoms with Gasteiger partial charge in [-0.3, -0.25) is 4.90 Å². The Hall–Kier alpha value is -0.0900. The zero-order chi connectivity index (χ0) is 13.1. The second-order valence-electron chi connectivity index (χ2n) is 4.43. The van der Waals surface area contributed by atoms with Gasteiger partial charge in [-0.1, -0.05) is 32.4 Å². The van der Waals surface area contributed by atoms with E-state index in [-0.39, 0.29) is 5.54 Å². The summed E-state index contributed by atoms with van der Waals surface area (Å²) in [5, 5.41) is 10.6. The van der Waals surface area contributed by atoms with Crippen molar-refractivity contribution in [3.05, 3.63) is 21.3 Å². The first kappa shape index (κ1) is 15.0. The lowest BCUT2D eigenvalue weighted by molar-refractivity contribution is -0.0194.